The summed E-state index contributed by atoms with van der Waals surface area (Å²) in [5.74, 6) is 1.22. The summed E-state index contributed by atoms with van der Waals surface area (Å²) in [6.45, 7) is 2.26. The van der Waals surface area contributed by atoms with Crippen molar-refractivity contribution >= 4 is 17.8 Å². The largest absolute Gasteiger partial charge is 0.396 e. The standard InChI is InChI=1S/C16H24N2O2S/c1-11-9-12-5-3-4-6-14(12)15(11)18-16(20)17-13(7-8-19)10-21-2/h3-6,11,13,15,19H,7-10H2,1-2H3,(H2,17,18,20). The first-order valence-corrected chi connectivity index (χ1v) is 8.79. The Morgan fingerprint density at radius 1 is 1.48 bits per heavy atom. The lowest BCUT2D eigenvalue weighted by atomic mass is 10.0. The molecular formula is C16H24N2O2S. The summed E-state index contributed by atoms with van der Waals surface area (Å²) in [5, 5.41) is 15.1. The predicted octanol–water partition coefficient (Wildman–Crippen LogP) is 2.33. The SMILES string of the molecule is CSCC(CCO)NC(=O)NC1c2ccccc2CC1C. The molecule has 21 heavy (non-hydrogen) atoms. The van der Waals surface area contributed by atoms with Gasteiger partial charge in [-0.05, 0) is 36.1 Å². The van der Waals surface area contributed by atoms with Crippen LogP contribution in [-0.2, 0) is 6.42 Å². The Hall–Kier alpha value is -1.20. The molecule has 116 valence electrons. The molecule has 0 aromatic heterocycles. The van der Waals surface area contributed by atoms with Gasteiger partial charge >= 0.3 is 6.03 Å². The van der Waals surface area contributed by atoms with E-state index in [1.807, 2.05) is 18.4 Å². The quantitative estimate of drug-likeness (QED) is 0.756. The normalized spacial score (nSPS) is 21.7. The molecule has 3 atom stereocenters. The number of hydrogen-bond donors (Lipinski definition) is 3. The van der Waals surface area contributed by atoms with Crippen LogP contribution in [0.25, 0.3) is 0 Å². The lowest BCUT2D eigenvalue weighted by Gasteiger charge is -2.22. The van der Waals surface area contributed by atoms with Crippen LogP contribution in [0.3, 0.4) is 0 Å². The van der Waals surface area contributed by atoms with Crippen LogP contribution in [0.5, 0.6) is 0 Å². The molecule has 0 saturated heterocycles. The number of benzene rings is 1. The summed E-state index contributed by atoms with van der Waals surface area (Å²) in [6, 6.07) is 8.23. The highest BCUT2D eigenvalue weighted by Gasteiger charge is 2.30. The van der Waals surface area contributed by atoms with Gasteiger partial charge in [-0.3, -0.25) is 0 Å². The topological polar surface area (TPSA) is 61.4 Å². The number of amides is 2. The Bertz CT molecular complexity index is 475. The highest BCUT2D eigenvalue weighted by atomic mass is 32.2. The van der Waals surface area contributed by atoms with E-state index in [2.05, 4.69) is 29.7 Å². The van der Waals surface area contributed by atoms with E-state index in [0.29, 0.717) is 12.3 Å². The fraction of sp³-hybridized carbons (Fsp3) is 0.562. The van der Waals surface area contributed by atoms with Gasteiger partial charge < -0.3 is 15.7 Å². The zero-order chi connectivity index (χ0) is 15.2. The highest BCUT2D eigenvalue weighted by Crippen LogP contribution is 2.35. The van der Waals surface area contributed by atoms with Crippen LogP contribution in [0, 0.1) is 5.92 Å². The van der Waals surface area contributed by atoms with Gasteiger partial charge in [-0.15, -0.1) is 0 Å². The Balaban J connectivity index is 1.96. The van der Waals surface area contributed by atoms with Gasteiger partial charge in [-0.2, -0.15) is 11.8 Å². The molecule has 0 saturated carbocycles. The maximum atomic E-state index is 12.2. The molecule has 2 rings (SSSR count). The molecule has 0 aliphatic heterocycles. The van der Waals surface area contributed by atoms with Crippen molar-refractivity contribution in [2.24, 2.45) is 5.92 Å². The summed E-state index contributed by atoms with van der Waals surface area (Å²) in [5.41, 5.74) is 2.55. The number of aliphatic hydroxyl groups excluding tert-OH is 1. The van der Waals surface area contributed by atoms with E-state index in [1.165, 1.54) is 11.1 Å². The monoisotopic (exact) mass is 308 g/mol. The van der Waals surface area contributed by atoms with Gasteiger partial charge in [-0.25, -0.2) is 4.79 Å². The van der Waals surface area contributed by atoms with Gasteiger partial charge in [0, 0.05) is 18.4 Å². The lowest BCUT2D eigenvalue weighted by molar-refractivity contribution is 0.225. The molecule has 0 spiro atoms. The van der Waals surface area contributed by atoms with Crippen molar-refractivity contribution in [2.75, 3.05) is 18.6 Å². The molecular weight excluding hydrogens is 284 g/mol. The number of rotatable bonds is 6. The van der Waals surface area contributed by atoms with Crippen molar-refractivity contribution < 1.29 is 9.90 Å². The number of fused-ring (bicyclic) bond motifs is 1. The molecule has 1 aliphatic carbocycles. The van der Waals surface area contributed by atoms with Crippen LogP contribution in [0.15, 0.2) is 24.3 Å². The molecule has 1 aliphatic rings. The van der Waals surface area contributed by atoms with Crippen LogP contribution in [-0.4, -0.2) is 35.8 Å². The summed E-state index contributed by atoms with van der Waals surface area (Å²) >= 11 is 1.67. The maximum absolute atomic E-state index is 12.2. The van der Waals surface area contributed by atoms with Crippen LogP contribution in [0.4, 0.5) is 4.79 Å². The first kappa shape index (κ1) is 16.2. The summed E-state index contributed by atoms with van der Waals surface area (Å²) in [7, 11) is 0. The first-order chi connectivity index (χ1) is 10.2. The van der Waals surface area contributed by atoms with E-state index in [1.54, 1.807) is 11.8 Å². The minimum atomic E-state index is -0.143. The van der Waals surface area contributed by atoms with Crippen molar-refractivity contribution in [3.8, 4) is 0 Å². The third kappa shape index (κ3) is 4.14. The van der Waals surface area contributed by atoms with Gasteiger partial charge in [-0.1, -0.05) is 31.2 Å². The smallest absolute Gasteiger partial charge is 0.315 e. The predicted molar refractivity (Wildman–Crippen MR) is 87.6 cm³/mol. The van der Waals surface area contributed by atoms with E-state index in [0.717, 1.165) is 12.2 Å². The Morgan fingerprint density at radius 3 is 2.95 bits per heavy atom. The van der Waals surface area contributed by atoms with Crippen molar-refractivity contribution in [1.82, 2.24) is 10.6 Å². The van der Waals surface area contributed by atoms with Gasteiger partial charge in [0.1, 0.15) is 0 Å². The number of nitrogens with one attached hydrogen (secondary N) is 2. The van der Waals surface area contributed by atoms with Gasteiger partial charge in [0.15, 0.2) is 0 Å². The van der Waals surface area contributed by atoms with Crippen LogP contribution >= 0.6 is 11.8 Å². The molecule has 0 heterocycles. The summed E-state index contributed by atoms with van der Waals surface area (Å²) < 4.78 is 0. The van der Waals surface area contributed by atoms with Crippen molar-refractivity contribution in [3.05, 3.63) is 35.4 Å². The first-order valence-electron chi connectivity index (χ1n) is 7.40. The second-order valence-electron chi connectivity index (χ2n) is 5.64. The zero-order valence-corrected chi connectivity index (χ0v) is 13.5. The number of aliphatic hydroxyl groups is 1. The molecule has 0 radical (unpaired) electrons. The Labute approximate surface area is 130 Å². The van der Waals surface area contributed by atoms with E-state index >= 15 is 0 Å². The van der Waals surface area contributed by atoms with E-state index < -0.39 is 0 Å². The maximum Gasteiger partial charge on any atom is 0.315 e. The molecule has 4 nitrogen and oxygen atoms in total. The fourth-order valence-electron chi connectivity index (χ4n) is 2.94. The number of carbonyl (C=O) groups is 1. The van der Waals surface area contributed by atoms with Crippen molar-refractivity contribution in [2.45, 2.75) is 31.8 Å². The molecule has 1 aromatic rings. The third-order valence-electron chi connectivity index (χ3n) is 3.97. The molecule has 5 heteroatoms. The number of urea groups is 1. The van der Waals surface area contributed by atoms with Crippen LogP contribution < -0.4 is 10.6 Å². The van der Waals surface area contributed by atoms with E-state index in [-0.39, 0.29) is 24.7 Å². The van der Waals surface area contributed by atoms with Gasteiger partial charge in [0.2, 0.25) is 0 Å². The minimum absolute atomic E-state index is 0.0111. The average molecular weight is 308 g/mol. The van der Waals surface area contributed by atoms with Crippen LogP contribution in [0.1, 0.15) is 30.5 Å². The van der Waals surface area contributed by atoms with E-state index in [4.69, 9.17) is 5.11 Å². The molecule has 1 aromatic carbocycles. The second kappa shape index (κ2) is 7.71. The lowest BCUT2D eigenvalue weighted by Crippen LogP contribution is -2.45. The molecule has 3 unspecified atom stereocenters. The van der Waals surface area contributed by atoms with Gasteiger partial charge in [0.05, 0.1) is 6.04 Å². The molecule has 0 fully saturated rings. The second-order valence-corrected chi connectivity index (χ2v) is 6.55. The van der Waals surface area contributed by atoms with Gasteiger partial charge in [0.25, 0.3) is 0 Å². The minimum Gasteiger partial charge on any atom is -0.396 e. The average Bonchev–Trinajstić information content (AvgIpc) is 2.76. The molecule has 3 N–H and O–H groups in total. The molecule has 0 bridgehead atoms. The molecule has 2 amide bonds. The fourth-order valence-corrected chi connectivity index (χ4v) is 3.59. The summed E-state index contributed by atoms with van der Waals surface area (Å²) in [4.78, 5) is 12.2. The number of hydrogen-bond acceptors (Lipinski definition) is 3. The Kier molecular flexibility index (Phi) is 5.94. The number of carbonyl (C=O) groups excluding carboxylic acids is 1. The Morgan fingerprint density at radius 2 is 2.24 bits per heavy atom. The van der Waals surface area contributed by atoms with Crippen molar-refractivity contribution in [1.29, 1.82) is 0 Å². The van der Waals surface area contributed by atoms with Crippen molar-refractivity contribution in [3.63, 3.8) is 0 Å². The van der Waals surface area contributed by atoms with Crippen LogP contribution in [0.2, 0.25) is 0 Å². The third-order valence-corrected chi connectivity index (χ3v) is 4.70. The summed E-state index contributed by atoms with van der Waals surface area (Å²) in [6.07, 6.45) is 3.59. The number of thioether (sulfide) groups is 1. The van der Waals surface area contributed by atoms with E-state index in [9.17, 15) is 4.79 Å². The zero-order valence-electron chi connectivity index (χ0n) is 12.6. The highest BCUT2D eigenvalue weighted by molar-refractivity contribution is 7.98.